The largest absolute Gasteiger partial charge is 0.491 e. The van der Waals surface area contributed by atoms with E-state index in [1.54, 1.807) is 0 Å². The Morgan fingerprint density at radius 2 is 1.73 bits per heavy atom. The molecule has 1 N–H and O–H groups in total. The van der Waals surface area contributed by atoms with Crippen molar-refractivity contribution in [2.24, 2.45) is 0 Å². The number of hydrogen-bond acceptors (Lipinski definition) is 6. The second-order valence-corrected chi connectivity index (χ2v) is 9.21. The topological polar surface area (TPSA) is 70.2 Å². The molecule has 6 rings (SSSR count). The van der Waals surface area contributed by atoms with Gasteiger partial charge in [0.25, 0.3) is 0 Å². The number of anilines is 1. The van der Waals surface area contributed by atoms with Gasteiger partial charge in [-0.3, -0.25) is 4.98 Å². The average Bonchev–Trinajstić information content (AvgIpc) is 3.45. The maximum atomic E-state index is 5.73. The summed E-state index contributed by atoms with van der Waals surface area (Å²) < 4.78 is 5.73. The molecule has 0 unspecified atom stereocenters. The Morgan fingerprint density at radius 1 is 0.939 bits per heavy atom. The van der Waals surface area contributed by atoms with Crippen molar-refractivity contribution < 1.29 is 4.74 Å². The van der Waals surface area contributed by atoms with E-state index >= 15 is 0 Å². The van der Waals surface area contributed by atoms with Crippen LogP contribution < -0.4 is 9.64 Å². The zero-order valence-electron chi connectivity index (χ0n) is 19.4. The Balaban J connectivity index is 1.38. The first kappa shape index (κ1) is 20.2. The zero-order chi connectivity index (χ0) is 22.5. The second kappa shape index (κ2) is 7.85. The molecule has 1 saturated heterocycles. The fourth-order valence-electron chi connectivity index (χ4n) is 5.12. The number of rotatable bonds is 3. The minimum Gasteiger partial charge on any atom is -0.491 e. The van der Waals surface area contributed by atoms with Gasteiger partial charge in [-0.2, -0.15) is 0 Å². The van der Waals surface area contributed by atoms with Crippen LogP contribution >= 0.6 is 0 Å². The molecule has 5 heterocycles. The van der Waals surface area contributed by atoms with Gasteiger partial charge in [0.05, 0.1) is 18.0 Å². The number of pyridine rings is 1. The summed E-state index contributed by atoms with van der Waals surface area (Å²) in [7, 11) is 2.19. The first-order chi connectivity index (χ1) is 16.1. The van der Waals surface area contributed by atoms with Crippen molar-refractivity contribution >= 4 is 16.7 Å². The summed E-state index contributed by atoms with van der Waals surface area (Å²) >= 11 is 0. The van der Waals surface area contributed by atoms with Crippen LogP contribution in [0.1, 0.15) is 16.8 Å². The second-order valence-electron chi connectivity index (χ2n) is 9.21. The lowest BCUT2D eigenvalue weighted by Gasteiger charge is -2.36. The van der Waals surface area contributed by atoms with Crippen LogP contribution in [0.25, 0.3) is 33.4 Å². The summed E-state index contributed by atoms with van der Waals surface area (Å²) in [5, 5.41) is 10.1. The van der Waals surface area contributed by atoms with Crippen LogP contribution in [0.2, 0.25) is 0 Å². The number of hydrogen-bond donors (Lipinski definition) is 1. The van der Waals surface area contributed by atoms with Crippen molar-refractivity contribution in [3.63, 3.8) is 0 Å². The molecule has 1 aromatic carbocycles. The first-order valence-electron chi connectivity index (χ1n) is 11.6. The van der Waals surface area contributed by atoms with E-state index in [9.17, 15) is 0 Å². The minimum absolute atomic E-state index is 0.706. The molecule has 2 aliphatic heterocycles. The summed E-state index contributed by atoms with van der Waals surface area (Å²) in [6, 6.07) is 8.70. The number of aromatic amines is 1. The molecule has 4 aromatic rings. The monoisotopic (exact) mass is 440 g/mol. The number of benzene rings is 1. The molecule has 0 radical (unpaired) electrons. The van der Waals surface area contributed by atoms with E-state index in [0.29, 0.717) is 6.61 Å². The van der Waals surface area contributed by atoms with Crippen LogP contribution in [-0.4, -0.2) is 64.9 Å². The minimum atomic E-state index is 0.706. The third-order valence-corrected chi connectivity index (χ3v) is 6.88. The van der Waals surface area contributed by atoms with Crippen molar-refractivity contribution in [2.45, 2.75) is 20.3 Å². The third-order valence-electron chi connectivity index (χ3n) is 6.88. The molecule has 33 heavy (non-hydrogen) atoms. The number of fused-ring (bicyclic) bond motifs is 2. The van der Waals surface area contributed by atoms with Crippen molar-refractivity contribution in [3.8, 4) is 28.1 Å². The summed E-state index contributed by atoms with van der Waals surface area (Å²) in [6.45, 7) is 9.44. The van der Waals surface area contributed by atoms with Crippen molar-refractivity contribution in [1.29, 1.82) is 0 Å². The Bertz CT molecular complexity index is 1330. The molecular formula is C26H28N6O. The predicted octanol–water partition coefficient (Wildman–Crippen LogP) is 3.99. The smallest absolute Gasteiger partial charge is 0.160 e. The van der Waals surface area contributed by atoms with Gasteiger partial charge < -0.3 is 19.5 Å². The van der Waals surface area contributed by atoms with Gasteiger partial charge in [-0.05, 0) is 56.3 Å². The summed E-state index contributed by atoms with van der Waals surface area (Å²) in [6.07, 6.45) is 4.78. The van der Waals surface area contributed by atoms with Crippen LogP contribution in [0.3, 0.4) is 0 Å². The molecule has 2 aliphatic rings. The Labute approximate surface area is 193 Å². The lowest BCUT2D eigenvalue weighted by molar-refractivity contribution is 0.312. The van der Waals surface area contributed by atoms with Gasteiger partial charge in [0, 0.05) is 72.8 Å². The number of piperazine rings is 1. The molecule has 0 amide bonds. The molecule has 7 heteroatoms. The van der Waals surface area contributed by atoms with E-state index in [-0.39, 0.29) is 0 Å². The van der Waals surface area contributed by atoms with Crippen LogP contribution in [0.4, 0.5) is 5.69 Å². The summed E-state index contributed by atoms with van der Waals surface area (Å²) in [5.41, 5.74) is 9.80. The van der Waals surface area contributed by atoms with Crippen LogP contribution in [0.15, 0.2) is 36.7 Å². The normalized spacial score (nSPS) is 16.3. The summed E-state index contributed by atoms with van der Waals surface area (Å²) in [4.78, 5) is 12.8. The van der Waals surface area contributed by atoms with E-state index in [1.807, 2.05) is 12.4 Å². The molecule has 3 aromatic heterocycles. The van der Waals surface area contributed by atoms with Crippen LogP contribution in [-0.2, 0) is 6.42 Å². The highest BCUT2D eigenvalue weighted by Crippen LogP contribution is 2.35. The van der Waals surface area contributed by atoms with E-state index in [2.05, 4.69) is 75.1 Å². The van der Waals surface area contributed by atoms with Crippen LogP contribution in [0, 0.1) is 13.8 Å². The third kappa shape index (κ3) is 3.53. The zero-order valence-corrected chi connectivity index (χ0v) is 19.4. The standard InChI is InChI=1S/C26H28N6O/c1-16-10-18(11-17(2)25(16)32-7-5-31(3)6-8-32)23-13-20-21(15-28-26(20)30-29-23)19-12-24-22(27-14-19)4-9-33-24/h10-15H,4-9H2,1-3H3,(H,28,30). The molecule has 0 bridgehead atoms. The highest BCUT2D eigenvalue weighted by molar-refractivity contribution is 5.95. The lowest BCUT2D eigenvalue weighted by atomic mass is 9.99. The number of nitrogens with zero attached hydrogens (tertiary/aromatic N) is 5. The number of ether oxygens (including phenoxy) is 1. The Hall–Kier alpha value is -3.45. The predicted molar refractivity (Wildman–Crippen MR) is 131 cm³/mol. The fraction of sp³-hybridized carbons (Fsp3) is 0.346. The van der Waals surface area contributed by atoms with E-state index in [4.69, 9.17) is 4.74 Å². The van der Waals surface area contributed by atoms with Gasteiger partial charge in [-0.15, -0.1) is 10.2 Å². The number of aromatic nitrogens is 4. The van der Waals surface area contributed by atoms with Gasteiger partial charge in [0.1, 0.15) is 5.75 Å². The Morgan fingerprint density at radius 3 is 2.52 bits per heavy atom. The highest BCUT2D eigenvalue weighted by Gasteiger charge is 2.20. The maximum Gasteiger partial charge on any atom is 0.160 e. The molecule has 0 atom stereocenters. The Kier molecular flexibility index (Phi) is 4.80. The summed E-state index contributed by atoms with van der Waals surface area (Å²) in [5.74, 6) is 0.884. The highest BCUT2D eigenvalue weighted by atomic mass is 16.5. The maximum absolute atomic E-state index is 5.73. The molecular weight excluding hydrogens is 412 g/mol. The van der Waals surface area contributed by atoms with Crippen molar-refractivity contribution in [3.05, 3.63) is 53.5 Å². The number of nitrogens with one attached hydrogen (secondary N) is 1. The van der Waals surface area contributed by atoms with Crippen molar-refractivity contribution in [1.82, 2.24) is 25.1 Å². The average molecular weight is 441 g/mol. The van der Waals surface area contributed by atoms with Crippen LogP contribution in [0.5, 0.6) is 5.75 Å². The van der Waals surface area contributed by atoms with Gasteiger partial charge in [-0.1, -0.05) is 0 Å². The molecule has 168 valence electrons. The number of aryl methyl sites for hydroxylation is 2. The van der Waals surface area contributed by atoms with E-state index < -0.39 is 0 Å². The van der Waals surface area contributed by atoms with Crippen molar-refractivity contribution in [2.75, 3.05) is 44.7 Å². The first-order valence-corrected chi connectivity index (χ1v) is 11.6. The van der Waals surface area contributed by atoms with Gasteiger partial charge in [-0.25, -0.2) is 0 Å². The SMILES string of the molecule is Cc1cc(-c2cc3c(-c4cnc5c(c4)OCC5)c[nH]c3nn2)cc(C)c1N1CCN(C)CC1. The number of likely N-dealkylation sites (N-methyl/N-ethyl adjacent to an activating group) is 1. The quantitative estimate of drug-likeness (QED) is 0.520. The van der Waals surface area contributed by atoms with E-state index in [0.717, 1.165) is 77.5 Å². The molecule has 7 nitrogen and oxygen atoms in total. The van der Waals surface area contributed by atoms with Gasteiger partial charge in [0.2, 0.25) is 0 Å². The van der Waals surface area contributed by atoms with E-state index in [1.165, 1.54) is 16.8 Å². The molecule has 0 saturated carbocycles. The molecule has 0 spiro atoms. The molecule has 1 fully saturated rings. The lowest BCUT2D eigenvalue weighted by Crippen LogP contribution is -2.45. The van der Waals surface area contributed by atoms with Gasteiger partial charge in [0.15, 0.2) is 5.65 Å². The molecule has 0 aliphatic carbocycles. The fourth-order valence-corrected chi connectivity index (χ4v) is 5.12. The number of H-pyrrole nitrogens is 1. The van der Waals surface area contributed by atoms with Gasteiger partial charge >= 0.3 is 0 Å².